The van der Waals surface area contributed by atoms with Crippen molar-refractivity contribution in [1.29, 1.82) is 0 Å². The highest BCUT2D eigenvalue weighted by atomic mass is 127. The summed E-state index contributed by atoms with van der Waals surface area (Å²) in [6, 6.07) is 21.0. The van der Waals surface area contributed by atoms with E-state index in [1.165, 1.54) is 8.47 Å². The van der Waals surface area contributed by atoms with Gasteiger partial charge < -0.3 is 4.74 Å². The second kappa shape index (κ2) is 10.1. The SMILES string of the molecule is O=C1S/C(=C\c2cc(Br)c(OCc3ccc(I)cc3)c(I)c2)C(=O)N1c1ccccc1. The highest BCUT2D eigenvalue weighted by Gasteiger charge is 2.36. The third-order valence-corrected chi connectivity index (χ3v) is 7.40. The van der Waals surface area contributed by atoms with Crippen LogP contribution in [-0.2, 0) is 11.4 Å². The minimum Gasteiger partial charge on any atom is -0.487 e. The van der Waals surface area contributed by atoms with Gasteiger partial charge in [0.1, 0.15) is 12.4 Å². The van der Waals surface area contributed by atoms with Crippen molar-refractivity contribution in [2.75, 3.05) is 4.90 Å². The standard InChI is InChI=1S/C23H14BrI2NO3S/c24-18-10-15(11-19(26)21(18)30-13-14-6-8-16(25)9-7-14)12-20-22(28)27(23(29)31-20)17-4-2-1-3-5-17/h1-12H,13H2/b20-12-. The summed E-state index contributed by atoms with van der Waals surface area (Å²) in [7, 11) is 0. The van der Waals surface area contributed by atoms with E-state index in [0.29, 0.717) is 17.2 Å². The van der Waals surface area contributed by atoms with Crippen LogP contribution in [0, 0.1) is 7.14 Å². The first-order valence-corrected chi connectivity index (χ1v) is 12.9. The van der Waals surface area contributed by atoms with E-state index in [2.05, 4.69) is 61.1 Å². The van der Waals surface area contributed by atoms with Crippen LogP contribution in [0.2, 0.25) is 0 Å². The van der Waals surface area contributed by atoms with Gasteiger partial charge in [0.05, 0.1) is 18.6 Å². The molecule has 0 spiro atoms. The van der Waals surface area contributed by atoms with Crippen molar-refractivity contribution in [2.45, 2.75) is 6.61 Å². The number of benzene rings is 3. The average molecular weight is 718 g/mol. The third kappa shape index (κ3) is 5.35. The molecule has 1 fully saturated rings. The number of amides is 2. The lowest BCUT2D eigenvalue weighted by Gasteiger charge is -2.12. The van der Waals surface area contributed by atoms with E-state index >= 15 is 0 Å². The summed E-state index contributed by atoms with van der Waals surface area (Å²) in [5, 5.41) is -0.298. The smallest absolute Gasteiger partial charge is 0.298 e. The maximum absolute atomic E-state index is 12.8. The summed E-state index contributed by atoms with van der Waals surface area (Å²) >= 11 is 9.01. The molecule has 0 saturated carbocycles. The summed E-state index contributed by atoms with van der Waals surface area (Å²) in [6.45, 7) is 0.459. The van der Waals surface area contributed by atoms with E-state index in [9.17, 15) is 9.59 Å². The van der Waals surface area contributed by atoms with Crippen LogP contribution in [-0.4, -0.2) is 11.1 Å². The van der Waals surface area contributed by atoms with Crippen molar-refractivity contribution < 1.29 is 14.3 Å². The number of thioether (sulfide) groups is 1. The Bertz CT molecular complexity index is 1160. The number of hydrogen-bond donors (Lipinski definition) is 0. The van der Waals surface area contributed by atoms with Gasteiger partial charge in [-0.05, 0) is 126 Å². The first-order valence-electron chi connectivity index (χ1n) is 9.11. The van der Waals surface area contributed by atoms with Gasteiger partial charge in [0.15, 0.2) is 0 Å². The molecule has 0 radical (unpaired) electrons. The highest BCUT2D eigenvalue weighted by Crippen LogP contribution is 2.38. The topological polar surface area (TPSA) is 46.6 Å². The zero-order chi connectivity index (χ0) is 22.0. The van der Waals surface area contributed by atoms with Crippen molar-refractivity contribution >= 4 is 95.8 Å². The van der Waals surface area contributed by atoms with Crippen LogP contribution >= 0.6 is 72.9 Å². The monoisotopic (exact) mass is 717 g/mol. The fourth-order valence-electron chi connectivity index (χ4n) is 2.96. The molecule has 0 N–H and O–H groups in total. The summed E-state index contributed by atoms with van der Waals surface area (Å²) < 4.78 is 8.90. The zero-order valence-corrected chi connectivity index (χ0v) is 22.6. The van der Waals surface area contributed by atoms with Crippen LogP contribution in [0.3, 0.4) is 0 Å². The number of ether oxygens (including phenoxy) is 1. The van der Waals surface area contributed by atoms with Gasteiger partial charge in [-0.2, -0.15) is 0 Å². The van der Waals surface area contributed by atoms with Crippen LogP contribution in [0.15, 0.2) is 76.1 Å². The molecule has 156 valence electrons. The Kier molecular flexibility index (Phi) is 7.40. The number of imide groups is 1. The van der Waals surface area contributed by atoms with Gasteiger partial charge in [0.25, 0.3) is 11.1 Å². The van der Waals surface area contributed by atoms with E-state index in [0.717, 1.165) is 36.7 Å². The fraction of sp³-hybridized carbons (Fsp3) is 0.0435. The summed E-state index contributed by atoms with van der Waals surface area (Å²) in [4.78, 5) is 26.8. The molecule has 3 aromatic carbocycles. The average Bonchev–Trinajstić information content (AvgIpc) is 3.02. The Balaban J connectivity index is 1.54. The van der Waals surface area contributed by atoms with Crippen LogP contribution in [0.4, 0.5) is 10.5 Å². The van der Waals surface area contributed by atoms with Crippen molar-refractivity contribution in [2.24, 2.45) is 0 Å². The zero-order valence-electron chi connectivity index (χ0n) is 15.8. The number of para-hydroxylation sites is 1. The first kappa shape index (κ1) is 22.8. The largest absolute Gasteiger partial charge is 0.487 e. The molecule has 4 nitrogen and oxygen atoms in total. The van der Waals surface area contributed by atoms with E-state index in [1.54, 1.807) is 30.3 Å². The second-order valence-corrected chi connectivity index (χ2v) is 10.8. The molecule has 0 aliphatic carbocycles. The number of hydrogen-bond acceptors (Lipinski definition) is 4. The molecule has 3 aromatic rings. The van der Waals surface area contributed by atoms with E-state index in [-0.39, 0.29) is 11.1 Å². The molecular weight excluding hydrogens is 704 g/mol. The molecule has 1 aliphatic heterocycles. The quantitative estimate of drug-likeness (QED) is 0.203. The van der Waals surface area contributed by atoms with Crippen molar-refractivity contribution in [1.82, 2.24) is 0 Å². The molecule has 1 saturated heterocycles. The minimum atomic E-state index is -0.314. The predicted molar refractivity (Wildman–Crippen MR) is 145 cm³/mol. The molecule has 1 heterocycles. The molecular formula is C23H14BrI2NO3S. The van der Waals surface area contributed by atoms with E-state index in [4.69, 9.17) is 4.74 Å². The van der Waals surface area contributed by atoms with Gasteiger partial charge in [-0.1, -0.05) is 30.3 Å². The Labute approximate surface area is 219 Å². The van der Waals surface area contributed by atoms with Gasteiger partial charge in [-0.3, -0.25) is 9.59 Å². The minimum absolute atomic E-state index is 0.298. The number of carbonyl (C=O) groups excluding carboxylic acids is 2. The van der Waals surface area contributed by atoms with E-state index in [1.807, 2.05) is 42.5 Å². The molecule has 2 amide bonds. The van der Waals surface area contributed by atoms with Crippen molar-refractivity contribution in [3.8, 4) is 5.75 Å². The molecule has 1 aliphatic rings. The molecule has 0 atom stereocenters. The highest BCUT2D eigenvalue weighted by molar-refractivity contribution is 14.1. The van der Waals surface area contributed by atoms with Gasteiger partial charge in [0.2, 0.25) is 0 Å². The Hall–Kier alpha value is -1.37. The second-order valence-electron chi connectivity index (χ2n) is 6.58. The number of carbonyl (C=O) groups is 2. The Morgan fingerprint density at radius 3 is 2.39 bits per heavy atom. The van der Waals surface area contributed by atoms with Crippen molar-refractivity contribution in [3.05, 3.63) is 94.4 Å². The third-order valence-electron chi connectivity index (χ3n) is 4.42. The summed E-state index contributed by atoms with van der Waals surface area (Å²) in [5.41, 5.74) is 2.47. The molecule has 4 rings (SSSR count). The normalized spacial score (nSPS) is 15.1. The fourth-order valence-corrected chi connectivity index (χ4v) is 5.93. The number of rotatable bonds is 5. The summed E-state index contributed by atoms with van der Waals surface area (Å²) in [5.74, 6) is 0.431. The number of anilines is 1. The summed E-state index contributed by atoms with van der Waals surface area (Å²) in [6.07, 6.45) is 1.74. The van der Waals surface area contributed by atoms with Crippen molar-refractivity contribution in [3.63, 3.8) is 0 Å². The maximum Gasteiger partial charge on any atom is 0.298 e. The molecule has 0 bridgehead atoms. The molecule has 0 aromatic heterocycles. The van der Waals surface area contributed by atoms with E-state index < -0.39 is 0 Å². The van der Waals surface area contributed by atoms with Gasteiger partial charge in [-0.15, -0.1) is 0 Å². The lowest BCUT2D eigenvalue weighted by Crippen LogP contribution is -2.27. The number of halogens is 3. The molecule has 8 heteroatoms. The van der Waals surface area contributed by atoms with Crippen LogP contribution in [0.1, 0.15) is 11.1 Å². The first-order chi connectivity index (χ1) is 14.9. The lowest BCUT2D eigenvalue weighted by atomic mass is 10.2. The molecule has 0 unspecified atom stereocenters. The van der Waals surface area contributed by atoms with Crippen LogP contribution < -0.4 is 9.64 Å². The van der Waals surface area contributed by atoms with Gasteiger partial charge >= 0.3 is 0 Å². The van der Waals surface area contributed by atoms with Gasteiger partial charge in [0, 0.05) is 3.57 Å². The Morgan fingerprint density at radius 1 is 1.00 bits per heavy atom. The van der Waals surface area contributed by atoms with Crippen LogP contribution in [0.5, 0.6) is 5.75 Å². The van der Waals surface area contributed by atoms with Crippen LogP contribution in [0.25, 0.3) is 6.08 Å². The maximum atomic E-state index is 12.8. The number of nitrogens with zero attached hydrogens (tertiary/aromatic N) is 1. The lowest BCUT2D eigenvalue weighted by molar-refractivity contribution is -0.113. The van der Waals surface area contributed by atoms with Gasteiger partial charge in [-0.25, -0.2) is 4.90 Å². The molecule has 31 heavy (non-hydrogen) atoms. The Morgan fingerprint density at radius 2 is 1.71 bits per heavy atom. The predicted octanol–water partition coefficient (Wildman–Crippen LogP) is 7.48.